The first-order chi connectivity index (χ1) is 12.5. The van der Waals surface area contributed by atoms with Gasteiger partial charge in [0.2, 0.25) is 0 Å². The summed E-state index contributed by atoms with van der Waals surface area (Å²) >= 11 is 6.01. The Morgan fingerprint density at radius 3 is 2.35 bits per heavy atom. The lowest BCUT2D eigenvalue weighted by atomic mass is 10.2. The highest BCUT2D eigenvalue weighted by molar-refractivity contribution is 6.32. The van der Waals surface area contributed by atoms with Crippen LogP contribution in [0.25, 0.3) is 0 Å². The molecule has 1 fully saturated rings. The lowest BCUT2D eigenvalue weighted by molar-refractivity contribution is -0.384. The van der Waals surface area contributed by atoms with E-state index in [1.54, 1.807) is 41.3 Å². The van der Waals surface area contributed by atoms with E-state index < -0.39 is 4.92 Å². The number of halogens is 1. The van der Waals surface area contributed by atoms with Crippen molar-refractivity contribution in [3.8, 4) is 5.75 Å². The largest absolute Gasteiger partial charge is 0.482 e. The molecule has 26 heavy (non-hydrogen) atoms. The first-order valence-corrected chi connectivity index (χ1v) is 8.57. The van der Waals surface area contributed by atoms with Gasteiger partial charge < -0.3 is 14.5 Å². The summed E-state index contributed by atoms with van der Waals surface area (Å²) < 4.78 is 5.50. The molecule has 7 nitrogen and oxygen atoms in total. The Balaban J connectivity index is 1.50. The molecule has 0 atom stereocenters. The van der Waals surface area contributed by atoms with E-state index in [2.05, 4.69) is 4.90 Å². The number of amides is 1. The van der Waals surface area contributed by atoms with Crippen molar-refractivity contribution < 1.29 is 14.5 Å². The normalized spacial score (nSPS) is 14.2. The third-order valence-electron chi connectivity index (χ3n) is 4.25. The number of nitrogens with zero attached hydrogens (tertiary/aromatic N) is 3. The third kappa shape index (κ3) is 4.23. The fourth-order valence-corrected chi connectivity index (χ4v) is 2.98. The number of non-ortho nitro benzene ring substituents is 1. The summed E-state index contributed by atoms with van der Waals surface area (Å²) in [6.45, 7) is 2.41. The smallest absolute Gasteiger partial charge is 0.269 e. The fraction of sp³-hybridized carbons (Fsp3) is 0.278. The van der Waals surface area contributed by atoms with Crippen LogP contribution < -0.4 is 9.64 Å². The van der Waals surface area contributed by atoms with Crippen molar-refractivity contribution in [2.24, 2.45) is 0 Å². The zero-order valence-corrected chi connectivity index (χ0v) is 14.8. The second kappa shape index (κ2) is 8.05. The molecule has 0 radical (unpaired) electrons. The monoisotopic (exact) mass is 375 g/mol. The Morgan fingerprint density at radius 1 is 1.08 bits per heavy atom. The number of hydrogen-bond acceptors (Lipinski definition) is 5. The first-order valence-electron chi connectivity index (χ1n) is 8.19. The third-order valence-corrected chi connectivity index (χ3v) is 4.56. The summed E-state index contributed by atoms with van der Waals surface area (Å²) in [5, 5.41) is 11.2. The van der Waals surface area contributed by atoms with Crippen LogP contribution in [0.2, 0.25) is 5.02 Å². The Kier molecular flexibility index (Phi) is 5.58. The van der Waals surface area contributed by atoms with Gasteiger partial charge in [-0.1, -0.05) is 23.7 Å². The van der Waals surface area contributed by atoms with Crippen molar-refractivity contribution in [3.05, 3.63) is 63.7 Å². The van der Waals surface area contributed by atoms with E-state index in [1.165, 1.54) is 12.1 Å². The lowest BCUT2D eigenvalue weighted by Gasteiger charge is -2.36. The highest BCUT2D eigenvalue weighted by atomic mass is 35.5. The zero-order chi connectivity index (χ0) is 18.5. The van der Waals surface area contributed by atoms with E-state index >= 15 is 0 Å². The van der Waals surface area contributed by atoms with E-state index in [0.29, 0.717) is 37.0 Å². The van der Waals surface area contributed by atoms with Crippen molar-refractivity contribution >= 4 is 28.9 Å². The van der Waals surface area contributed by atoms with Crippen LogP contribution in [0.5, 0.6) is 5.75 Å². The van der Waals surface area contributed by atoms with Gasteiger partial charge in [-0.2, -0.15) is 0 Å². The topological polar surface area (TPSA) is 75.9 Å². The molecular weight excluding hydrogens is 358 g/mol. The molecule has 2 aromatic rings. The minimum Gasteiger partial charge on any atom is -0.482 e. The minimum atomic E-state index is -0.417. The number of piperazine rings is 1. The average molecular weight is 376 g/mol. The maximum Gasteiger partial charge on any atom is 0.269 e. The van der Waals surface area contributed by atoms with Crippen LogP contribution in [-0.4, -0.2) is 48.5 Å². The number of nitro benzene ring substituents is 1. The molecule has 1 aliphatic heterocycles. The highest BCUT2D eigenvalue weighted by Gasteiger charge is 2.22. The van der Waals surface area contributed by atoms with Gasteiger partial charge in [-0.3, -0.25) is 14.9 Å². The van der Waals surface area contributed by atoms with Crippen molar-refractivity contribution in [1.29, 1.82) is 0 Å². The van der Waals surface area contributed by atoms with Gasteiger partial charge in [-0.25, -0.2) is 0 Å². The average Bonchev–Trinajstić information content (AvgIpc) is 2.67. The number of rotatable bonds is 5. The maximum atomic E-state index is 12.3. The molecule has 0 saturated carbocycles. The number of nitro groups is 1. The van der Waals surface area contributed by atoms with Crippen LogP contribution in [0, 0.1) is 10.1 Å². The predicted octanol–water partition coefficient (Wildman–Crippen LogP) is 2.98. The van der Waals surface area contributed by atoms with Crippen molar-refractivity contribution in [1.82, 2.24) is 4.90 Å². The molecule has 0 unspecified atom stereocenters. The van der Waals surface area contributed by atoms with Gasteiger partial charge in [0.05, 0.1) is 9.95 Å². The summed E-state index contributed by atoms with van der Waals surface area (Å²) in [5.74, 6) is 0.403. The van der Waals surface area contributed by atoms with Crippen molar-refractivity contribution in [3.63, 3.8) is 0 Å². The minimum absolute atomic E-state index is 0.0543. The second-order valence-corrected chi connectivity index (χ2v) is 6.27. The maximum absolute atomic E-state index is 12.3. The molecule has 0 N–H and O–H groups in total. The van der Waals surface area contributed by atoms with Crippen LogP contribution in [0.3, 0.4) is 0 Å². The second-order valence-electron chi connectivity index (χ2n) is 5.86. The Bertz CT molecular complexity index is 789. The summed E-state index contributed by atoms with van der Waals surface area (Å²) in [6, 6.07) is 13.5. The van der Waals surface area contributed by atoms with Gasteiger partial charge >= 0.3 is 0 Å². The fourth-order valence-electron chi connectivity index (χ4n) is 2.79. The van der Waals surface area contributed by atoms with E-state index in [1.807, 2.05) is 0 Å². The Labute approximate surface area is 155 Å². The molecule has 1 heterocycles. The molecule has 2 aromatic carbocycles. The molecule has 8 heteroatoms. The molecule has 3 rings (SSSR count). The number of hydrogen-bond donors (Lipinski definition) is 0. The summed E-state index contributed by atoms with van der Waals surface area (Å²) in [4.78, 5) is 26.5. The molecule has 136 valence electrons. The van der Waals surface area contributed by atoms with Gasteiger partial charge in [-0.15, -0.1) is 0 Å². The molecule has 0 spiro atoms. The Hall–Kier alpha value is -2.80. The SMILES string of the molecule is O=C(COc1ccccc1Cl)N1CCN(c2ccc([N+](=O)[O-])cc2)CC1. The number of carbonyl (C=O) groups excluding carboxylic acids is 1. The predicted molar refractivity (Wildman–Crippen MR) is 98.8 cm³/mol. The van der Waals surface area contributed by atoms with Gasteiger partial charge in [0.25, 0.3) is 11.6 Å². The number of benzene rings is 2. The summed E-state index contributed by atoms with van der Waals surface area (Å²) in [5.41, 5.74) is 0.981. The van der Waals surface area contributed by atoms with Crippen molar-refractivity contribution in [2.45, 2.75) is 0 Å². The van der Waals surface area contributed by atoms with Gasteiger partial charge in [0, 0.05) is 44.0 Å². The summed E-state index contributed by atoms with van der Waals surface area (Å²) in [6.07, 6.45) is 0. The van der Waals surface area contributed by atoms with Crippen LogP contribution in [0.15, 0.2) is 48.5 Å². The molecular formula is C18H18ClN3O4. The van der Waals surface area contributed by atoms with E-state index in [9.17, 15) is 14.9 Å². The van der Waals surface area contributed by atoms with E-state index in [-0.39, 0.29) is 18.2 Å². The van der Waals surface area contributed by atoms with Gasteiger partial charge in [-0.05, 0) is 24.3 Å². The van der Waals surface area contributed by atoms with Crippen LogP contribution >= 0.6 is 11.6 Å². The standard InChI is InChI=1S/C18H18ClN3O4/c19-16-3-1-2-4-17(16)26-13-18(23)21-11-9-20(10-12-21)14-5-7-15(8-6-14)22(24)25/h1-8H,9-13H2. The van der Waals surface area contributed by atoms with Crippen molar-refractivity contribution in [2.75, 3.05) is 37.7 Å². The molecule has 0 aromatic heterocycles. The van der Waals surface area contributed by atoms with Crippen LogP contribution in [0.1, 0.15) is 0 Å². The van der Waals surface area contributed by atoms with E-state index in [0.717, 1.165) is 5.69 Å². The number of para-hydroxylation sites is 1. The van der Waals surface area contributed by atoms with Crippen LogP contribution in [-0.2, 0) is 4.79 Å². The molecule has 0 aliphatic carbocycles. The molecule has 0 bridgehead atoms. The highest BCUT2D eigenvalue weighted by Crippen LogP contribution is 2.23. The van der Waals surface area contributed by atoms with Gasteiger partial charge in [0.1, 0.15) is 5.75 Å². The number of anilines is 1. The van der Waals surface area contributed by atoms with E-state index in [4.69, 9.17) is 16.3 Å². The molecule has 1 saturated heterocycles. The molecule has 1 amide bonds. The zero-order valence-electron chi connectivity index (χ0n) is 14.0. The van der Waals surface area contributed by atoms with Crippen LogP contribution in [0.4, 0.5) is 11.4 Å². The first kappa shape index (κ1) is 18.0. The molecule has 1 aliphatic rings. The number of carbonyl (C=O) groups is 1. The quantitative estimate of drug-likeness (QED) is 0.593. The Morgan fingerprint density at radius 2 is 1.73 bits per heavy atom. The van der Waals surface area contributed by atoms with Gasteiger partial charge in [0.15, 0.2) is 6.61 Å². The lowest BCUT2D eigenvalue weighted by Crippen LogP contribution is -2.50. The number of ether oxygens (including phenoxy) is 1. The summed E-state index contributed by atoms with van der Waals surface area (Å²) in [7, 11) is 0.